The molecule has 0 amide bonds. The van der Waals surface area contributed by atoms with Crippen molar-refractivity contribution in [3.8, 4) is 11.6 Å². The molecule has 1 atom stereocenters. The lowest BCUT2D eigenvalue weighted by atomic mass is 10.0. The summed E-state index contributed by atoms with van der Waals surface area (Å²) < 4.78 is 6.86. The smallest absolute Gasteiger partial charge is 0.230 e. The van der Waals surface area contributed by atoms with Gasteiger partial charge in [-0.15, -0.1) is 5.10 Å². The van der Waals surface area contributed by atoms with E-state index in [0.717, 1.165) is 29.2 Å². The highest BCUT2D eigenvalue weighted by Crippen LogP contribution is 2.44. The van der Waals surface area contributed by atoms with Gasteiger partial charge in [-0.2, -0.15) is 4.52 Å². The summed E-state index contributed by atoms with van der Waals surface area (Å²) >= 11 is 1.49. The van der Waals surface area contributed by atoms with Crippen molar-refractivity contribution in [1.82, 2.24) is 14.6 Å². The van der Waals surface area contributed by atoms with Gasteiger partial charge in [0.15, 0.2) is 0 Å². The molecule has 2 aromatic heterocycles. The van der Waals surface area contributed by atoms with Crippen LogP contribution in [0.4, 0.5) is 5.69 Å². The van der Waals surface area contributed by atoms with E-state index in [1.165, 1.54) is 27.1 Å². The summed E-state index contributed by atoms with van der Waals surface area (Å²) in [4.78, 5) is 8.35. The Bertz CT molecular complexity index is 1150. The summed E-state index contributed by atoms with van der Waals surface area (Å²) in [6.07, 6.45) is 0.990. The van der Waals surface area contributed by atoms with Crippen molar-refractivity contribution < 1.29 is 9.84 Å². The molecule has 0 radical (unpaired) electrons. The van der Waals surface area contributed by atoms with E-state index in [2.05, 4.69) is 51.4 Å². The quantitative estimate of drug-likeness (QED) is 0.569. The molecule has 1 N–H and O–H groups in total. The van der Waals surface area contributed by atoms with Crippen LogP contribution in [-0.2, 0) is 6.42 Å². The van der Waals surface area contributed by atoms with Crippen molar-refractivity contribution in [1.29, 1.82) is 0 Å². The third-order valence-electron chi connectivity index (χ3n) is 5.22. The van der Waals surface area contributed by atoms with Crippen molar-refractivity contribution in [2.45, 2.75) is 19.4 Å². The van der Waals surface area contributed by atoms with Gasteiger partial charge >= 0.3 is 0 Å². The third kappa shape index (κ3) is 2.62. The molecule has 6 nitrogen and oxygen atoms in total. The van der Waals surface area contributed by atoms with Crippen molar-refractivity contribution in [3.63, 3.8) is 0 Å². The molecule has 2 aromatic carbocycles. The lowest BCUT2D eigenvalue weighted by Gasteiger charge is -2.30. The van der Waals surface area contributed by atoms with Gasteiger partial charge in [-0.3, -0.25) is 0 Å². The monoisotopic (exact) mass is 392 g/mol. The minimum Gasteiger partial charge on any atom is -0.497 e. The predicted octanol–water partition coefficient (Wildman–Crippen LogP) is 3.97. The molecule has 5 rings (SSSR count). The minimum atomic E-state index is -0.122. The average Bonchev–Trinajstić information content (AvgIpc) is 3.38. The lowest BCUT2D eigenvalue weighted by molar-refractivity contribution is 0.414. The van der Waals surface area contributed by atoms with E-state index in [9.17, 15) is 5.11 Å². The second-order valence-electron chi connectivity index (χ2n) is 6.89. The Hall–Kier alpha value is -3.06. The number of hydrogen-bond donors (Lipinski definition) is 1. The summed E-state index contributed by atoms with van der Waals surface area (Å²) in [5, 5.41) is 15.3. The fourth-order valence-corrected chi connectivity index (χ4v) is 5.06. The van der Waals surface area contributed by atoms with E-state index >= 15 is 0 Å². The number of thiazole rings is 1. The maximum Gasteiger partial charge on any atom is 0.230 e. The summed E-state index contributed by atoms with van der Waals surface area (Å²) in [6, 6.07) is 16.4. The van der Waals surface area contributed by atoms with E-state index in [1.807, 2.05) is 19.1 Å². The maximum absolute atomic E-state index is 11.0. The number of rotatable bonds is 4. The molecule has 3 heterocycles. The molecule has 0 saturated heterocycles. The van der Waals surface area contributed by atoms with E-state index < -0.39 is 0 Å². The molecule has 0 fully saturated rings. The Labute approximate surface area is 166 Å². The number of aryl methyl sites for hydroxylation is 1. The van der Waals surface area contributed by atoms with E-state index in [4.69, 9.17) is 4.74 Å². The highest BCUT2D eigenvalue weighted by atomic mass is 32.1. The van der Waals surface area contributed by atoms with E-state index in [1.54, 1.807) is 7.11 Å². The summed E-state index contributed by atoms with van der Waals surface area (Å²) in [5.74, 6) is 1.62. The lowest BCUT2D eigenvalue weighted by Crippen LogP contribution is -2.27. The number of ether oxygens (including phenoxy) is 1. The first kappa shape index (κ1) is 17.1. The SMILES string of the molecule is COc1ccc(C(c2sc3nc(C)nn3c2O)N2CCc3ccccc32)cc1. The van der Waals surface area contributed by atoms with Gasteiger partial charge in [0.2, 0.25) is 10.8 Å². The first-order chi connectivity index (χ1) is 13.7. The van der Waals surface area contributed by atoms with Gasteiger partial charge in [0.05, 0.1) is 18.0 Å². The molecular formula is C21H20N4O2S. The summed E-state index contributed by atoms with van der Waals surface area (Å²) in [6.45, 7) is 2.72. The zero-order valence-corrected chi connectivity index (χ0v) is 16.5. The normalized spacial score (nSPS) is 14.4. The molecule has 0 bridgehead atoms. The van der Waals surface area contributed by atoms with Crippen LogP contribution in [0, 0.1) is 6.92 Å². The van der Waals surface area contributed by atoms with Gasteiger partial charge < -0.3 is 14.7 Å². The Balaban J connectivity index is 1.68. The van der Waals surface area contributed by atoms with Crippen molar-refractivity contribution in [3.05, 3.63) is 70.4 Å². The van der Waals surface area contributed by atoms with Crippen molar-refractivity contribution in [2.75, 3.05) is 18.6 Å². The minimum absolute atomic E-state index is 0.122. The van der Waals surface area contributed by atoms with Crippen LogP contribution < -0.4 is 9.64 Å². The van der Waals surface area contributed by atoms with Gasteiger partial charge in [-0.25, -0.2) is 4.98 Å². The highest BCUT2D eigenvalue weighted by Gasteiger charge is 2.33. The van der Waals surface area contributed by atoms with Crippen LogP contribution in [-0.4, -0.2) is 33.4 Å². The zero-order chi connectivity index (χ0) is 19.3. The molecule has 142 valence electrons. The predicted molar refractivity (Wildman–Crippen MR) is 110 cm³/mol. The number of aromatic nitrogens is 3. The van der Waals surface area contributed by atoms with Gasteiger partial charge in [-0.05, 0) is 42.7 Å². The van der Waals surface area contributed by atoms with Crippen LogP contribution >= 0.6 is 11.3 Å². The Morgan fingerprint density at radius 2 is 1.93 bits per heavy atom. The van der Waals surface area contributed by atoms with Crippen LogP contribution in [0.15, 0.2) is 48.5 Å². The van der Waals surface area contributed by atoms with Crippen molar-refractivity contribution >= 4 is 22.0 Å². The van der Waals surface area contributed by atoms with E-state index in [-0.39, 0.29) is 11.9 Å². The van der Waals surface area contributed by atoms with Crippen LogP contribution in [0.3, 0.4) is 0 Å². The topological polar surface area (TPSA) is 62.9 Å². The molecule has 4 aromatic rings. The van der Waals surface area contributed by atoms with Gasteiger partial charge in [0.25, 0.3) is 0 Å². The number of aromatic hydroxyl groups is 1. The molecule has 1 aliphatic rings. The number of anilines is 1. The fraction of sp³-hybridized carbons (Fsp3) is 0.238. The molecular weight excluding hydrogens is 372 g/mol. The van der Waals surface area contributed by atoms with Gasteiger partial charge in [0, 0.05) is 12.2 Å². The molecule has 7 heteroatoms. The molecule has 1 unspecified atom stereocenters. The first-order valence-electron chi connectivity index (χ1n) is 9.19. The highest BCUT2D eigenvalue weighted by molar-refractivity contribution is 7.17. The molecule has 0 spiro atoms. The third-order valence-corrected chi connectivity index (χ3v) is 6.29. The molecule has 28 heavy (non-hydrogen) atoms. The Morgan fingerprint density at radius 3 is 2.68 bits per heavy atom. The van der Waals surface area contributed by atoms with Crippen LogP contribution in [0.1, 0.15) is 27.9 Å². The van der Waals surface area contributed by atoms with Crippen LogP contribution in [0.2, 0.25) is 0 Å². The number of fused-ring (bicyclic) bond motifs is 2. The first-order valence-corrected chi connectivity index (χ1v) is 10.0. The fourth-order valence-electron chi connectivity index (χ4n) is 3.92. The molecule has 0 aliphatic carbocycles. The summed E-state index contributed by atoms with van der Waals surface area (Å²) in [5.41, 5.74) is 3.63. The zero-order valence-electron chi connectivity index (χ0n) is 15.7. The number of nitrogens with zero attached hydrogens (tertiary/aromatic N) is 4. The number of hydrogen-bond acceptors (Lipinski definition) is 6. The average molecular weight is 392 g/mol. The summed E-state index contributed by atoms with van der Waals surface area (Å²) in [7, 11) is 1.66. The van der Waals surface area contributed by atoms with Crippen LogP contribution in [0.5, 0.6) is 11.6 Å². The van der Waals surface area contributed by atoms with Gasteiger partial charge in [-0.1, -0.05) is 41.7 Å². The molecule has 0 saturated carbocycles. The molecule has 1 aliphatic heterocycles. The van der Waals surface area contributed by atoms with E-state index in [0.29, 0.717) is 10.8 Å². The second kappa shape index (κ2) is 6.53. The van der Waals surface area contributed by atoms with Crippen LogP contribution in [0.25, 0.3) is 4.96 Å². The Morgan fingerprint density at radius 1 is 1.14 bits per heavy atom. The maximum atomic E-state index is 11.0. The second-order valence-corrected chi connectivity index (χ2v) is 7.90. The van der Waals surface area contributed by atoms with Crippen molar-refractivity contribution in [2.24, 2.45) is 0 Å². The number of para-hydroxylation sites is 1. The number of benzene rings is 2. The number of methoxy groups -OCH3 is 1. The Kier molecular flexibility index (Phi) is 3.98. The standard InChI is InChI=1S/C21H20N4O2S/c1-13-22-21-25(23-13)20(26)19(28-21)18(15-7-9-16(27-2)10-8-15)24-12-11-14-5-3-4-6-17(14)24/h3-10,18,26H,11-12H2,1-2H3. The van der Waals surface area contributed by atoms with Gasteiger partial charge in [0.1, 0.15) is 11.6 Å². The largest absolute Gasteiger partial charge is 0.497 e.